The molecule has 0 aliphatic carbocycles. The van der Waals surface area contributed by atoms with Crippen LogP contribution in [0, 0.1) is 5.92 Å². The second-order valence-electron chi connectivity index (χ2n) is 6.65. The molecule has 3 N–H and O–H groups in total. The van der Waals surface area contributed by atoms with E-state index in [1.165, 1.54) is 0 Å². The molecule has 1 heterocycles. The monoisotopic (exact) mass is 293 g/mol. The average molecular weight is 293 g/mol. The second kappa shape index (κ2) is 5.22. The third-order valence-electron chi connectivity index (χ3n) is 3.48. The van der Waals surface area contributed by atoms with Crippen LogP contribution in [0.15, 0.2) is 18.2 Å². The summed E-state index contributed by atoms with van der Waals surface area (Å²) in [6, 6.07) is 5.27. The van der Waals surface area contributed by atoms with E-state index in [9.17, 15) is 9.90 Å². The number of hydrogen-bond acceptors (Lipinski definition) is 4. The van der Waals surface area contributed by atoms with Gasteiger partial charge in [-0.2, -0.15) is 0 Å². The molecular weight excluding hydrogens is 270 g/mol. The largest absolute Gasteiger partial charge is 0.493 e. The lowest BCUT2D eigenvalue weighted by atomic mass is 9.78. The third-order valence-corrected chi connectivity index (χ3v) is 3.48. The van der Waals surface area contributed by atoms with Crippen molar-refractivity contribution in [2.45, 2.75) is 45.3 Å². The molecule has 5 heteroatoms. The van der Waals surface area contributed by atoms with Crippen molar-refractivity contribution in [2.24, 2.45) is 11.7 Å². The number of rotatable bonds is 4. The van der Waals surface area contributed by atoms with Crippen LogP contribution in [0.25, 0.3) is 0 Å². The number of aliphatic carboxylic acids is 1. The smallest absolute Gasteiger partial charge is 0.328 e. The summed E-state index contributed by atoms with van der Waals surface area (Å²) in [5.74, 6) is 0.235. The van der Waals surface area contributed by atoms with Gasteiger partial charge in [0.15, 0.2) is 5.54 Å². The molecule has 116 valence electrons. The van der Waals surface area contributed by atoms with Gasteiger partial charge in [-0.1, -0.05) is 19.9 Å². The number of ether oxygens (including phenoxy) is 2. The van der Waals surface area contributed by atoms with Gasteiger partial charge in [-0.05, 0) is 31.9 Å². The normalized spacial score (nSPS) is 23.3. The molecule has 0 amide bonds. The van der Waals surface area contributed by atoms with Crippen LogP contribution >= 0.6 is 0 Å². The lowest BCUT2D eigenvalue weighted by Gasteiger charge is -2.42. The fourth-order valence-corrected chi connectivity index (χ4v) is 2.69. The molecule has 2 rings (SSSR count). The van der Waals surface area contributed by atoms with Crippen LogP contribution < -0.4 is 15.2 Å². The lowest BCUT2D eigenvalue weighted by Crippen LogP contribution is -2.54. The fraction of sp³-hybridized carbons (Fsp3) is 0.562. The van der Waals surface area contributed by atoms with Crippen LogP contribution in [0.4, 0.5) is 0 Å². The van der Waals surface area contributed by atoms with E-state index in [1.807, 2.05) is 27.7 Å². The Morgan fingerprint density at radius 2 is 2.14 bits per heavy atom. The van der Waals surface area contributed by atoms with Gasteiger partial charge in [0.1, 0.15) is 17.1 Å². The molecule has 1 aromatic rings. The van der Waals surface area contributed by atoms with Crippen molar-refractivity contribution in [1.29, 1.82) is 0 Å². The van der Waals surface area contributed by atoms with E-state index in [1.54, 1.807) is 18.2 Å². The molecule has 21 heavy (non-hydrogen) atoms. The average Bonchev–Trinajstić information content (AvgIpc) is 2.34. The van der Waals surface area contributed by atoms with Crippen LogP contribution in [-0.2, 0) is 10.3 Å². The summed E-state index contributed by atoms with van der Waals surface area (Å²) in [4.78, 5) is 11.8. The molecule has 1 aromatic carbocycles. The minimum absolute atomic E-state index is 0.185. The Labute approximate surface area is 125 Å². The molecule has 0 saturated heterocycles. The highest BCUT2D eigenvalue weighted by Gasteiger charge is 2.50. The molecule has 1 atom stereocenters. The molecule has 0 fully saturated rings. The van der Waals surface area contributed by atoms with Crippen molar-refractivity contribution < 1.29 is 19.4 Å². The van der Waals surface area contributed by atoms with Crippen molar-refractivity contribution >= 4 is 5.97 Å². The summed E-state index contributed by atoms with van der Waals surface area (Å²) in [5.41, 5.74) is 4.51. The Bertz CT molecular complexity index is 553. The maximum Gasteiger partial charge on any atom is 0.328 e. The van der Waals surface area contributed by atoms with Gasteiger partial charge >= 0.3 is 5.97 Å². The van der Waals surface area contributed by atoms with Gasteiger partial charge < -0.3 is 20.3 Å². The van der Waals surface area contributed by atoms with Crippen molar-refractivity contribution in [1.82, 2.24) is 0 Å². The van der Waals surface area contributed by atoms with Crippen molar-refractivity contribution in [3.8, 4) is 11.5 Å². The Morgan fingerprint density at radius 3 is 2.71 bits per heavy atom. The van der Waals surface area contributed by atoms with Gasteiger partial charge in [-0.3, -0.25) is 0 Å². The summed E-state index contributed by atoms with van der Waals surface area (Å²) in [6.07, 6.45) is 0.185. The van der Waals surface area contributed by atoms with Gasteiger partial charge in [-0.25, -0.2) is 4.79 Å². The lowest BCUT2D eigenvalue weighted by molar-refractivity contribution is -0.147. The molecule has 0 bridgehead atoms. The zero-order valence-corrected chi connectivity index (χ0v) is 13.0. The van der Waals surface area contributed by atoms with Gasteiger partial charge in [-0.15, -0.1) is 0 Å². The topological polar surface area (TPSA) is 81.8 Å². The van der Waals surface area contributed by atoms with Crippen LogP contribution in [0.3, 0.4) is 0 Å². The molecule has 0 saturated carbocycles. The molecule has 5 nitrogen and oxygen atoms in total. The maximum absolute atomic E-state index is 11.8. The summed E-state index contributed by atoms with van der Waals surface area (Å²) in [6.45, 7) is 8.23. The minimum atomic E-state index is -1.51. The highest BCUT2D eigenvalue weighted by atomic mass is 16.5. The van der Waals surface area contributed by atoms with Crippen molar-refractivity contribution in [3.05, 3.63) is 23.8 Å². The number of carboxylic acids is 1. The Kier molecular flexibility index (Phi) is 3.89. The summed E-state index contributed by atoms with van der Waals surface area (Å²) in [7, 11) is 0. The number of benzene rings is 1. The zero-order chi connectivity index (χ0) is 15.8. The van der Waals surface area contributed by atoms with Gasteiger partial charge in [0.25, 0.3) is 0 Å². The number of fused-ring (bicyclic) bond motifs is 1. The Balaban J connectivity index is 2.53. The van der Waals surface area contributed by atoms with Gasteiger partial charge in [0.2, 0.25) is 0 Å². The second-order valence-corrected chi connectivity index (χ2v) is 6.65. The fourth-order valence-electron chi connectivity index (χ4n) is 2.69. The predicted octanol–water partition coefficient (Wildman–Crippen LogP) is 2.52. The molecule has 1 unspecified atom stereocenters. The molecular formula is C16H23NO4. The van der Waals surface area contributed by atoms with E-state index in [-0.39, 0.29) is 6.42 Å². The van der Waals surface area contributed by atoms with Gasteiger partial charge in [0.05, 0.1) is 12.2 Å². The SMILES string of the molecule is CC(C)COc1cccc2c1C(N)(C(=O)O)CC(C)(C)O2. The highest BCUT2D eigenvalue weighted by molar-refractivity contribution is 5.83. The first-order valence-electron chi connectivity index (χ1n) is 7.13. The summed E-state index contributed by atoms with van der Waals surface area (Å²) >= 11 is 0. The van der Waals surface area contributed by atoms with E-state index in [2.05, 4.69) is 0 Å². The summed E-state index contributed by atoms with van der Waals surface area (Å²) in [5, 5.41) is 9.64. The minimum Gasteiger partial charge on any atom is -0.493 e. The Morgan fingerprint density at radius 1 is 1.48 bits per heavy atom. The maximum atomic E-state index is 11.8. The van der Waals surface area contributed by atoms with Crippen molar-refractivity contribution in [2.75, 3.05) is 6.61 Å². The molecule has 1 aliphatic rings. The molecule has 0 spiro atoms. The summed E-state index contributed by atoms with van der Waals surface area (Å²) < 4.78 is 11.6. The highest BCUT2D eigenvalue weighted by Crippen LogP contribution is 2.46. The van der Waals surface area contributed by atoms with E-state index in [0.717, 1.165) is 0 Å². The quantitative estimate of drug-likeness (QED) is 0.891. The third kappa shape index (κ3) is 2.97. The Hall–Kier alpha value is -1.75. The number of carbonyl (C=O) groups is 1. The molecule has 1 aliphatic heterocycles. The van der Waals surface area contributed by atoms with Crippen LogP contribution in [0.2, 0.25) is 0 Å². The predicted molar refractivity (Wildman–Crippen MR) is 79.6 cm³/mol. The number of hydrogen-bond donors (Lipinski definition) is 2. The number of nitrogens with two attached hydrogens (primary N) is 1. The van der Waals surface area contributed by atoms with E-state index in [4.69, 9.17) is 15.2 Å². The first-order chi connectivity index (χ1) is 9.66. The van der Waals surface area contributed by atoms with E-state index < -0.39 is 17.1 Å². The van der Waals surface area contributed by atoms with E-state index >= 15 is 0 Å². The van der Waals surface area contributed by atoms with Gasteiger partial charge in [0, 0.05) is 6.42 Å². The molecule has 0 radical (unpaired) electrons. The first-order valence-corrected chi connectivity index (χ1v) is 7.13. The zero-order valence-electron chi connectivity index (χ0n) is 13.0. The number of carboxylic acid groups (broad SMARTS) is 1. The van der Waals surface area contributed by atoms with Crippen LogP contribution in [0.1, 0.15) is 39.7 Å². The first kappa shape index (κ1) is 15.6. The van der Waals surface area contributed by atoms with Crippen LogP contribution in [0.5, 0.6) is 11.5 Å². The molecule has 0 aromatic heterocycles. The van der Waals surface area contributed by atoms with Crippen molar-refractivity contribution in [3.63, 3.8) is 0 Å². The standard InChI is InChI=1S/C16H23NO4/c1-10(2)8-20-11-6-5-7-12-13(11)16(17,14(18)19)9-15(3,4)21-12/h5-7,10H,8-9,17H2,1-4H3,(H,18,19). The van der Waals surface area contributed by atoms with E-state index in [0.29, 0.717) is 29.6 Å². The van der Waals surface area contributed by atoms with Crippen LogP contribution in [-0.4, -0.2) is 23.3 Å².